The molecule has 0 heterocycles. The third-order valence-corrected chi connectivity index (χ3v) is 3.00. The first-order valence-electron chi connectivity index (χ1n) is 6.74. The highest BCUT2D eigenvalue weighted by Crippen LogP contribution is 2.20. The fourth-order valence-electron chi connectivity index (χ4n) is 1.84. The van der Waals surface area contributed by atoms with Gasteiger partial charge < -0.3 is 14.4 Å². The van der Waals surface area contributed by atoms with E-state index in [1.165, 1.54) is 7.11 Å². The zero-order valence-corrected chi connectivity index (χ0v) is 12.5. The van der Waals surface area contributed by atoms with E-state index in [1.807, 2.05) is 0 Å². The summed E-state index contributed by atoms with van der Waals surface area (Å²) in [5.41, 5.74) is 0.730. The van der Waals surface area contributed by atoms with E-state index in [0.29, 0.717) is 12.3 Å². The highest BCUT2D eigenvalue weighted by Gasteiger charge is 2.19. The number of rotatable bonds is 8. The van der Waals surface area contributed by atoms with Crippen molar-refractivity contribution in [3.63, 3.8) is 0 Å². The van der Waals surface area contributed by atoms with Crippen molar-refractivity contribution >= 4 is 17.6 Å². The SMILES string of the molecule is C=CCCCN(C(=O)CC(=O)OC)c1ccc(OC)cc1. The fraction of sp³-hybridized carbons (Fsp3) is 0.375. The van der Waals surface area contributed by atoms with Gasteiger partial charge in [0, 0.05) is 12.2 Å². The highest BCUT2D eigenvalue weighted by atomic mass is 16.5. The van der Waals surface area contributed by atoms with E-state index < -0.39 is 5.97 Å². The molecule has 0 fully saturated rings. The van der Waals surface area contributed by atoms with Crippen molar-refractivity contribution < 1.29 is 19.1 Å². The van der Waals surface area contributed by atoms with Crippen LogP contribution in [0.2, 0.25) is 0 Å². The maximum Gasteiger partial charge on any atom is 0.315 e. The minimum atomic E-state index is -0.540. The molecule has 0 saturated heterocycles. The van der Waals surface area contributed by atoms with Crippen LogP contribution in [0.25, 0.3) is 0 Å². The van der Waals surface area contributed by atoms with E-state index in [1.54, 1.807) is 42.4 Å². The number of methoxy groups -OCH3 is 2. The number of unbranched alkanes of at least 4 members (excludes halogenated alkanes) is 1. The summed E-state index contributed by atoms with van der Waals surface area (Å²) in [6.07, 6.45) is 3.12. The van der Waals surface area contributed by atoms with Crippen molar-refractivity contribution in [1.29, 1.82) is 0 Å². The number of ether oxygens (including phenoxy) is 2. The molecule has 0 saturated carbocycles. The quantitative estimate of drug-likeness (QED) is 0.320. The summed E-state index contributed by atoms with van der Waals surface area (Å²) in [5, 5.41) is 0. The maximum atomic E-state index is 12.2. The van der Waals surface area contributed by atoms with Gasteiger partial charge in [-0.1, -0.05) is 6.08 Å². The molecule has 1 amide bonds. The standard InChI is InChI=1S/C16H21NO4/c1-4-5-6-11-17(15(18)12-16(19)21-3)13-7-9-14(20-2)10-8-13/h4,7-10H,1,5-6,11-12H2,2-3H3. The molecule has 0 unspecified atom stereocenters. The van der Waals surface area contributed by atoms with E-state index in [9.17, 15) is 9.59 Å². The molecule has 5 heteroatoms. The van der Waals surface area contributed by atoms with Gasteiger partial charge in [0.05, 0.1) is 14.2 Å². The summed E-state index contributed by atoms with van der Waals surface area (Å²) in [6.45, 7) is 4.19. The largest absolute Gasteiger partial charge is 0.497 e. The monoisotopic (exact) mass is 291 g/mol. The van der Waals surface area contributed by atoms with E-state index in [-0.39, 0.29) is 12.3 Å². The third-order valence-electron chi connectivity index (χ3n) is 3.00. The number of benzene rings is 1. The second kappa shape index (κ2) is 8.79. The number of carbonyl (C=O) groups is 2. The van der Waals surface area contributed by atoms with Crippen molar-refractivity contribution in [2.45, 2.75) is 19.3 Å². The van der Waals surface area contributed by atoms with Crippen molar-refractivity contribution in [3.05, 3.63) is 36.9 Å². The summed E-state index contributed by atoms with van der Waals surface area (Å²) in [7, 11) is 2.85. The maximum absolute atomic E-state index is 12.2. The van der Waals surface area contributed by atoms with Gasteiger partial charge in [0.15, 0.2) is 0 Å². The lowest BCUT2D eigenvalue weighted by atomic mass is 10.2. The first-order chi connectivity index (χ1) is 10.1. The summed E-state index contributed by atoms with van der Waals surface area (Å²) in [6, 6.07) is 7.15. The molecule has 5 nitrogen and oxygen atoms in total. The van der Waals surface area contributed by atoms with Crippen LogP contribution >= 0.6 is 0 Å². The second-order valence-corrected chi connectivity index (χ2v) is 4.43. The van der Waals surface area contributed by atoms with Gasteiger partial charge in [0.1, 0.15) is 12.2 Å². The smallest absolute Gasteiger partial charge is 0.315 e. The number of nitrogens with zero attached hydrogens (tertiary/aromatic N) is 1. The van der Waals surface area contributed by atoms with Crippen LogP contribution in [0.3, 0.4) is 0 Å². The van der Waals surface area contributed by atoms with E-state index in [4.69, 9.17) is 4.74 Å². The van der Waals surface area contributed by atoms with E-state index in [2.05, 4.69) is 11.3 Å². The van der Waals surface area contributed by atoms with Crippen molar-refractivity contribution in [3.8, 4) is 5.75 Å². The average Bonchev–Trinajstić information content (AvgIpc) is 2.51. The Kier molecular flexibility index (Phi) is 7.01. The molecular weight excluding hydrogens is 270 g/mol. The topological polar surface area (TPSA) is 55.8 Å². The number of hydrogen-bond acceptors (Lipinski definition) is 4. The van der Waals surface area contributed by atoms with Gasteiger partial charge in [-0.25, -0.2) is 0 Å². The molecule has 0 radical (unpaired) electrons. The fourth-order valence-corrected chi connectivity index (χ4v) is 1.84. The molecule has 0 atom stereocenters. The summed E-state index contributed by atoms with van der Waals surface area (Å²) in [4.78, 5) is 25.1. The normalized spacial score (nSPS) is 9.81. The van der Waals surface area contributed by atoms with Crippen molar-refractivity contribution in [2.24, 2.45) is 0 Å². The third kappa shape index (κ3) is 5.30. The van der Waals surface area contributed by atoms with Gasteiger partial charge in [-0.15, -0.1) is 6.58 Å². The molecule has 0 spiro atoms. The molecule has 21 heavy (non-hydrogen) atoms. The van der Waals surface area contributed by atoms with Gasteiger partial charge >= 0.3 is 5.97 Å². The lowest BCUT2D eigenvalue weighted by molar-refractivity contribution is -0.143. The van der Waals surface area contributed by atoms with Gasteiger partial charge in [0.25, 0.3) is 0 Å². The van der Waals surface area contributed by atoms with Gasteiger partial charge in [-0.2, -0.15) is 0 Å². The van der Waals surface area contributed by atoms with Gasteiger partial charge in [-0.3, -0.25) is 9.59 Å². The van der Waals surface area contributed by atoms with Crippen molar-refractivity contribution in [2.75, 3.05) is 25.7 Å². The lowest BCUT2D eigenvalue weighted by Gasteiger charge is -2.22. The number of hydrogen-bond donors (Lipinski definition) is 0. The Morgan fingerprint density at radius 2 is 1.90 bits per heavy atom. The zero-order chi connectivity index (χ0) is 15.7. The summed E-state index contributed by atoms with van der Waals surface area (Å²) < 4.78 is 9.65. The molecule has 0 N–H and O–H groups in total. The van der Waals surface area contributed by atoms with Crippen LogP contribution in [0.5, 0.6) is 5.75 Å². The van der Waals surface area contributed by atoms with Gasteiger partial charge in [0.2, 0.25) is 5.91 Å². The van der Waals surface area contributed by atoms with Crippen LogP contribution in [-0.4, -0.2) is 32.6 Å². The molecule has 0 bridgehead atoms. The number of carbonyl (C=O) groups excluding carboxylic acids is 2. The molecule has 0 aliphatic heterocycles. The Morgan fingerprint density at radius 3 is 2.43 bits per heavy atom. The Hall–Kier alpha value is -2.30. The first kappa shape index (κ1) is 16.8. The molecule has 0 aromatic heterocycles. The van der Waals surface area contributed by atoms with Crippen LogP contribution in [0.4, 0.5) is 5.69 Å². The highest BCUT2D eigenvalue weighted by molar-refractivity contribution is 6.03. The van der Waals surface area contributed by atoms with Crippen LogP contribution < -0.4 is 9.64 Å². The Balaban J connectivity index is 2.85. The van der Waals surface area contributed by atoms with E-state index >= 15 is 0 Å². The lowest BCUT2D eigenvalue weighted by Crippen LogP contribution is -2.33. The predicted octanol–water partition coefficient (Wildman–Crippen LogP) is 2.56. The minimum absolute atomic E-state index is 0.267. The number of anilines is 1. The first-order valence-corrected chi connectivity index (χ1v) is 6.74. The number of allylic oxidation sites excluding steroid dienone is 1. The Bertz CT molecular complexity index is 482. The minimum Gasteiger partial charge on any atom is -0.497 e. The van der Waals surface area contributed by atoms with Crippen LogP contribution in [0.1, 0.15) is 19.3 Å². The molecule has 0 aliphatic carbocycles. The van der Waals surface area contributed by atoms with E-state index in [0.717, 1.165) is 18.5 Å². The summed E-state index contributed by atoms with van der Waals surface area (Å²) >= 11 is 0. The molecule has 0 aliphatic rings. The molecule has 1 aromatic carbocycles. The summed E-state index contributed by atoms with van der Waals surface area (Å²) in [5.74, 6) is -0.108. The predicted molar refractivity (Wildman–Crippen MR) is 81.4 cm³/mol. The Labute approximate surface area is 125 Å². The Morgan fingerprint density at radius 1 is 1.24 bits per heavy atom. The van der Waals surface area contributed by atoms with Crippen LogP contribution in [0, 0.1) is 0 Å². The van der Waals surface area contributed by atoms with Crippen LogP contribution in [0.15, 0.2) is 36.9 Å². The number of esters is 1. The molecule has 1 rings (SSSR count). The second-order valence-electron chi connectivity index (χ2n) is 4.43. The number of amides is 1. The zero-order valence-electron chi connectivity index (χ0n) is 12.5. The van der Waals surface area contributed by atoms with Crippen LogP contribution in [-0.2, 0) is 14.3 Å². The molecular formula is C16H21NO4. The average molecular weight is 291 g/mol. The van der Waals surface area contributed by atoms with Crippen molar-refractivity contribution in [1.82, 2.24) is 0 Å². The molecule has 1 aromatic rings. The molecule has 114 valence electrons. The van der Waals surface area contributed by atoms with Gasteiger partial charge in [-0.05, 0) is 37.1 Å².